The molecular weight excluding hydrogens is 400 g/mol. The Labute approximate surface area is 192 Å². The SMILES string of the molecule is COc1ccc2cc(C3CCCC3)c(=O)n(CC(=O)N(CCC(C)C)CCC(C)C)c2c1. The zero-order valence-electron chi connectivity index (χ0n) is 20.5. The highest BCUT2D eigenvalue weighted by Gasteiger charge is 2.24. The van der Waals surface area contributed by atoms with Crippen molar-refractivity contribution in [3.05, 3.63) is 40.2 Å². The number of ether oxygens (including phenoxy) is 1. The number of amides is 1. The molecule has 1 aliphatic carbocycles. The number of methoxy groups -OCH3 is 1. The Morgan fingerprint density at radius 2 is 1.69 bits per heavy atom. The van der Waals surface area contributed by atoms with Crippen LogP contribution in [0.5, 0.6) is 5.75 Å². The normalized spacial score (nSPS) is 14.6. The molecule has 0 saturated heterocycles. The van der Waals surface area contributed by atoms with Gasteiger partial charge in [0.2, 0.25) is 5.91 Å². The predicted molar refractivity (Wildman–Crippen MR) is 131 cm³/mol. The maximum atomic E-state index is 13.6. The number of rotatable bonds is 10. The van der Waals surface area contributed by atoms with Gasteiger partial charge in [0.1, 0.15) is 12.3 Å². The van der Waals surface area contributed by atoms with Crippen LogP contribution in [-0.2, 0) is 11.3 Å². The fraction of sp³-hybridized carbons (Fsp3) is 0.630. The molecule has 176 valence electrons. The van der Waals surface area contributed by atoms with Crippen LogP contribution in [0.15, 0.2) is 29.1 Å². The fourth-order valence-electron chi connectivity index (χ4n) is 4.61. The van der Waals surface area contributed by atoms with Crippen molar-refractivity contribution in [1.29, 1.82) is 0 Å². The number of hydrogen-bond donors (Lipinski definition) is 0. The van der Waals surface area contributed by atoms with Crippen LogP contribution in [0.25, 0.3) is 10.9 Å². The van der Waals surface area contributed by atoms with Crippen molar-refractivity contribution < 1.29 is 9.53 Å². The van der Waals surface area contributed by atoms with Crippen molar-refractivity contribution in [2.45, 2.75) is 78.7 Å². The fourth-order valence-corrected chi connectivity index (χ4v) is 4.61. The molecule has 1 heterocycles. The smallest absolute Gasteiger partial charge is 0.255 e. The first kappa shape index (κ1) is 24.3. The highest BCUT2D eigenvalue weighted by molar-refractivity contribution is 5.84. The molecule has 5 nitrogen and oxygen atoms in total. The highest BCUT2D eigenvalue weighted by atomic mass is 16.5. The van der Waals surface area contributed by atoms with Gasteiger partial charge in [-0.15, -0.1) is 0 Å². The number of fused-ring (bicyclic) bond motifs is 1. The summed E-state index contributed by atoms with van der Waals surface area (Å²) in [4.78, 5) is 29.0. The minimum absolute atomic E-state index is 0.0151. The van der Waals surface area contributed by atoms with Crippen LogP contribution in [0.3, 0.4) is 0 Å². The van der Waals surface area contributed by atoms with Gasteiger partial charge in [-0.1, -0.05) is 40.5 Å². The summed E-state index contributed by atoms with van der Waals surface area (Å²) in [6, 6.07) is 7.86. The van der Waals surface area contributed by atoms with Gasteiger partial charge in [0, 0.05) is 24.7 Å². The largest absolute Gasteiger partial charge is 0.497 e. The van der Waals surface area contributed by atoms with E-state index in [2.05, 4.69) is 27.7 Å². The molecule has 1 aromatic carbocycles. The third-order valence-corrected chi connectivity index (χ3v) is 6.73. The standard InChI is InChI=1S/C27H40N2O3/c1-19(2)12-14-28(15-13-20(3)4)26(30)18-29-25-17-23(32-5)11-10-22(25)16-24(27(29)31)21-8-6-7-9-21/h10-11,16-17,19-21H,6-9,12-15,18H2,1-5H3. The van der Waals surface area contributed by atoms with Crippen molar-refractivity contribution in [2.24, 2.45) is 11.8 Å². The zero-order valence-corrected chi connectivity index (χ0v) is 20.5. The highest BCUT2D eigenvalue weighted by Crippen LogP contribution is 2.34. The van der Waals surface area contributed by atoms with E-state index in [4.69, 9.17) is 4.74 Å². The van der Waals surface area contributed by atoms with E-state index in [0.29, 0.717) is 23.5 Å². The monoisotopic (exact) mass is 440 g/mol. The van der Waals surface area contributed by atoms with Crippen LogP contribution < -0.4 is 10.3 Å². The summed E-state index contributed by atoms with van der Waals surface area (Å²) in [5, 5.41) is 0.996. The lowest BCUT2D eigenvalue weighted by Crippen LogP contribution is -2.39. The lowest BCUT2D eigenvalue weighted by Gasteiger charge is -2.26. The van der Waals surface area contributed by atoms with Crippen LogP contribution >= 0.6 is 0 Å². The van der Waals surface area contributed by atoms with Gasteiger partial charge < -0.3 is 9.64 Å². The Hall–Kier alpha value is -2.30. The molecule has 0 unspecified atom stereocenters. The van der Waals surface area contributed by atoms with Gasteiger partial charge in [0.15, 0.2) is 0 Å². The van der Waals surface area contributed by atoms with Gasteiger partial charge in [-0.2, -0.15) is 0 Å². The lowest BCUT2D eigenvalue weighted by molar-refractivity contribution is -0.132. The van der Waals surface area contributed by atoms with Crippen LogP contribution in [0.1, 0.15) is 77.7 Å². The molecule has 1 amide bonds. The molecule has 1 fully saturated rings. The Morgan fingerprint density at radius 3 is 2.25 bits per heavy atom. The number of hydrogen-bond acceptors (Lipinski definition) is 3. The van der Waals surface area contributed by atoms with Crippen molar-refractivity contribution >= 4 is 16.8 Å². The molecule has 0 atom stereocenters. The second kappa shape index (κ2) is 11.0. The number of aromatic nitrogens is 1. The number of carbonyl (C=O) groups excluding carboxylic acids is 1. The van der Waals surface area contributed by atoms with Gasteiger partial charge >= 0.3 is 0 Å². The molecule has 0 N–H and O–H groups in total. The van der Waals surface area contributed by atoms with E-state index in [1.807, 2.05) is 29.2 Å². The average molecular weight is 441 g/mol. The van der Waals surface area contributed by atoms with Crippen LogP contribution in [0, 0.1) is 11.8 Å². The summed E-state index contributed by atoms with van der Waals surface area (Å²) >= 11 is 0. The molecule has 0 bridgehead atoms. The molecular formula is C27H40N2O3. The van der Waals surface area contributed by atoms with E-state index in [-0.39, 0.29) is 18.0 Å². The quantitative estimate of drug-likeness (QED) is 0.484. The first-order chi connectivity index (χ1) is 15.3. The maximum Gasteiger partial charge on any atom is 0.255 e. The Bertz CT molecular complexity index is 959. The molecule has 0 spiro atoms. The summed E-state index contributed by atoms with van der Waals surface area (Å²) < 4.78 is 7.12. The second-order valence-corrected chi connectivity index (χ2v) is 10.1. The molecule has 0 aliphatic heterocycles. The van der Waals surface area contributed by atoms with Gasteiger partial charge in [-0.25, -0.2) is 0 Å². The number of benzene rings is 1. The molecule has 3 rings (SSSR count). The average Bonchev–Trinajstić information content (AvgIpc) is 3.29. The van der Waals surface area contributed by atoms with E-state index in [9.17, 15) is 9.59 Å². The summed E-state index contributed by atoms with van der Waals surface area (Å²) in [6.45, 7) is 10.3. The molecule has 5 heteroatoms. The molecule has 0 radical (unpaired) electrons. The first-order valence-corrected chi connectivity index (χ1v) is 12.3. The summed E-state index contributed by atoms with van der Waals surface area (Å²) in [6.07, 6.45) is 6.38. The molecule has 1 saturated carbocycles. The van der Waals surface area contributed by atoms with E-state index in [1.54, 1.807) is 11.7 Å². The second-order valence-electron chi connectivity index (χ2n) is 10.1. The summed E-state index contributed by atoms with van der Waals surface area (Å²) in [7, 11) is 1.63. The van der Waals surface area contributed by atoms with Crippen LogP contribution in [0.2, 0.25) is 0 Å². The van der Waals surface area contributed by atoms with Gasteiger partial charge in [0.25, 0.3) is 5.56 Å². The Kier molecular flexibility index (Phi) is 8.38. The molecule has 1 aliphatic rings. The van der Waals surface area contributed by atoms with Crippen molar-refractivity contribution in [3.63, 3.8) is 0 Å². The van der Waals surface area contributed by atoms with E-state index in [1.165, 1.54) is 12.8 Å². The molecule has 32 heavy (non-hydrogen) atoms. The minimum Gasteiger partial charge on any atom is -0.497 e. The van der Waals surface area contributed by atoms with Crippen LogP contribution in [-0.4, -0.2) is 35.6 Å². The summed E-state index contributed by atoms with van der Waals surface area (Å²) in [5.74, 6) is 2.09. The van der Waals surface area contributed by atoms with Crippen molar-refractivity contribution in [2.75, 3.05) is 20.2 Å². The Balaban J connectivity index is 1.99. The number of pyridine rings is 1. The first-order valence-electron chi connectivity index (χ1n) is 12.3. The van der Waals surface area contributed by atoms with Crippen molar-refractivity contribution in [1.82, 2.24) is 9.47 Å². The minimum atomic E-state index is -0.0151. The topological polar surface area (TPSA) is 51.5 Å². The third kappa shape index (κ3) is 5.93. The third-order valence-electron chi connectivity index (χ3n) is 6.73. The van der Waals surface area contributed by atoms with Gasteiger partial charge in [-0.05, 0) is 67.0 Å². The van der Waals surface area contributed by atoms with Gasteiger partial charge in [-0.3, -0.25) is 14.2 Å². The Morgan fingerprint density at radius 1 is 1.06 bits per heavy atom. The number of nitrogens with zero attached hydrogens (tertiary/aromatic N) is 2. The summed E-state index contributed by atoms with van der Waals surface area (Å²) in [5.41, 5.74) is 1.62. The van der Waals surface area contributed by atoms with E-state index >= 15 is 0 Å². The van der Waals surface area contributed by atoms with Crippen LogP contribution in [0.4, 0.5) is 0 Å². The molecule has 1 aromatic heterocycles. The lowest BCUT2D eigenvalue weighted by atomic mass is 9.97. The molecule has 2 aromatic rings. The predicted octanol–water partition coefficient (Wildman–Crippen LogP) is 5.59. The maximum absolute atomic E-state index is 13.6. The van der Waals surface area contributed by atoms with E-state index < -0.39 is 0 Å². The van der Waals surface area contributed by atoms with E-state index in [0.717, 1.165) is 55.2 Å². The zero-order chi connectivity index (χ0) is 23.3. The van der Waals surface area contributed by atoms with Gasteiger partial charge in [0.05, 0.1) is 12.6 Å². The van der Waals surface area contributed by atoms with Crippen molar-refractivity contribution in [3.8, 4) is 5.75 Å². The number of carbonyl (C=O) groups is 1.